The van der Waals surface area contributed by atoms with Crippen molar-refractivity contribution in [1.82, 2.24) is 19.3 Å². The number of thiazole rings is 1. The Bertz CT molecular complexity index is 1510. The molecule has 0 radical (unpaired) electrons. The van der Waals surface area contributed by atoms with Gasteiger partial charge in [-0.3, -0.25) is 18.6 Å². The number of nitrogens with one attached hydrogen (secondary N) is 1. The zero-order chi connectivity index (χ0) is 23.5. The monoisotopic (exact) mass is 461 g/mol. The van der Waals surface area contributed by atoms with E-state index in [9.17, 15) is 14.4 Å². The van der Waals surface area contributed by atoms with Crippen LogP contribution in [0.15, 0.2) is 58.4 Å². The van der Waals surface area contributed by atoms with Gasteiger partial charge < -0.3 is 10.1 Å². The van der Waals surface area contributed by atoms with Crippen molar-refractivity contribution in [2.45, 2.75) is 20.0 Å². The fourth-order valence-corrected chi connectivity index (χ4v) is 4.32. The van der Waals surface area contributed by atoms with Crippen LogP contribution in [-0.2, 0) is 13.1 Å². The summed E-state index contributed by atoms with van der Waals surface area (Å²) in [5.41, 5.74) is 1.46. The van der Waals surface area contributed by atoms with Gasteiger partial charge in [0.1, 0.15) is 9.71 Å². The van der Waals surface area contributed by atoms with Gasteiger partial charge in [0.2, 0.25) is 5.88 Å². The molecule has 0 aliphatic heterocycles. The average molecular weight is 462 g/mol. The van der Waals surface area contributed by atoms with Crippen molar-refractivity contribution >= 4 is 22.1 Å². The molecule has 10 heteroatoms. The van der Waals surface area contributed by atoms with E-state index in [4.69, 9.17) is 10.00 Å². The molecule has 1 aromatic carbocycles. The summed E-state index contributed by atoms with van der Waals surface area (Å²) >= 11 is 1.09. The number of benzene rings is 1. The lowest BCUT2D eigenvalue weighted by molar-refractivity contribution is 0.0954. The molecular weight excluding hydrogens is 442 g/mol. The molecule has 3 heterocycles. The first-order chi connectivity index (χ1) is 15.9. The summed E-state index contributed by atoms with van der Waals surface area (Å²) in [6.07, 6.45) is 3.04. The summed E-state index contributed by atoms with van der Waals surface area (Å²) in [6, 6.07) is 12.2. The first-order valence-corrected chi connectivity index (χ1v) is 10.7. The van der Waals surface area contributed by atoms with E-state index >= 15 is 0 Å². The van der Waals surface area contributed by atoms with Gasteiger partial charge in [0.25, 0.3) is 11.5 Å². The Morgan fingerprint density at radius 1 is 1.21 bits per heavy atom. The summed E-state index contributed by atoms with van der Waals surface area (Å²) < 4.78 is 7.54. The second-order valence-electron chi connectivity index (χ2n) is 7.27. The van der Waals surface area contributed by atoms with Gasteiger partial charge in [0.05, 0.1) is 25.3 Å². The van der Waals surface area contributed by atoms with Gasteiger partial charge in [-0.1, -0.05) is 12.1 Å². The number of carbonyl (C=O) groups excluding carboxylic acids is 1. The molecule has 9 nitrogen and oxygen atoms in total. The zero-order valence-electron chi connectivity index (χ0n) is 17.9. The van der Waals surface area contributed by atoms with Crippen molar-refractivity contribution in [1.29, 1.82) is 5.26 Å². The predicted octanol–water partition coefficient (Wildman–Crippen LogP) is 2.08. The van der Waals surface area contributed by atoms with E-state index in [-0.39, 0.29) is 19.0 Å². The molecule has 4 aromatic rings. The van der Waals surface area contributed by atoms with Crippen LogP contribution in [-0.4, -0.2) is 27.0 Å². The summed E-state index contributed by atoms with van der Waals surface area (Å²) in [6.45, 7) is 1.95. The minimum Gasteiger partial charge on any atom is -0.481 e. The summed E-state index contributed by atoms with van der Waals surface area (Å²) in [7, 11) is 1.51. The number of aromatic nitrogens is 3. The Labute approximate surface area is 192 Å². The number of hydrogen-bond acceptors (Lipinski definition) is 7. The highest BCUT2D eigenvalue weighted by molar-refractivity contribution is 7.19. The van der Waals surface area contributed by atoms with Gasteiger partial charge >= 0.3 is 5.69 Å². The lowest BCUT2D eigenvalue weighted by Gasteiger charge is -2.07. The van der Waals surface area contributed by atoms with Gasteiger partial charge in [-0.25, -0.2) is 9.78 Å². The van der Waals surface area contributed by atoms with Crippen LogP contribution in [0.5, 0.6) is 5.88 Å². The molecule has 0 aliphatic carbocycles. The minimum absolute atomic E-state index is 0.0639. The largest absolute Gasteiger partial charge is 0.481 e. The van der Waals surface area contributed by atoms with Crippen molar-refractivity contribution in [3.8, 4) is 11.9 Å². The van der Waals surface area contributed by atoms with Crippen molar-refractivity contribution in [3.63, 3.8) is 0 Å². The average Bonchev–Trinajstić information content (AvgIpc) is 3.30. The highest BCUT2D eigenvalue weighted by Gasteiger charge is 2.17. The number of methoxy groups -OCH3 is 1. The predicted molar refractivity (Wildman–Crippen MR) is 123 cm³/mol. The first kappa shape index (κ1) is 22.0. The van der Waals surface area contributed by atoms with Crippen LogP contribution in [0.1, 0.15) is 31.9 Å². The standard InChI is InChI=1S/C23H19N5O4S/c1-14-21(30)27(12-16-5-3-15(10-24)4-6-16)23(31)28-13-18(33-22(14)28)20(29)26-11-17-7-8-25-19(9-17)32-2/h3-9,13H,11-12H2,1-2H3,(H,26,29). The van der Waals surface area contributed by atoms with E-state index in [1.165, 1.54) is 17.7 Å². The van der Waals surface area contributed by atoms with E-state index in [2.05, 4.69) is 10.3 Å². The van der Waals surface area contributed by atoms with Crippen LogP contribution < -0.4 is 21.3 Å². The molecule has 0 unspecified atom stereocenters. The van der Waals surface area contributed by atoms with Crippen LogP contribution in [0.3, 0.4) is 0 Å². The van der Waals surface area contributed by atoms with E-state index in [1.54, 1.807) is 49.5 Å². The topological polar surface area (TPSA) is 118 Å². The van der Waals surface area contributed by atoms with Gasteiger partial charge in [-0.15, -0.1) is 11.3 Å². The normalized spacial score (nSPS) is 10.7. The number of carbonyl (C=O) groups is 1. The molecule has 0 bridgehead atoms. The Morgan fingerprint density at radius 3 is 2.67 bits per heavy atom. The van der Waals surface area contributed by atoms with Crippen LogP contribution >= 0.6 is 11.3 Å². The number of pyridine rings is 1. The molecule has 4 rings (SSSR count). The molecule has 0 aliphatic rings. The van der Waals surface area contributed by atoms with Crippen LogP contribution in [0.4, 0.5) is 0 Å². The smallest absolute Gasteiger partial charge is 0.336 e. The third kappa shape index (κ3) is 4.40. The Morgan fingerprint density at radius 2 is 1.97 bits per heavy atom. The molecular formula is C23H19N5O4S. The van der Waals surface area contributed by atoms with Gasteiger partial charge in [0, 0.05) is 30.6 Å². The highest BCUT2D eigenvalue weighted by atomic mass is 32.1. The number of amides is 1. The molecule has 166 valence electrons. The second kappa shape index (κ2) is 9.10. The Hall–Kier alpha value is -4.23. The molecule has 1 N–H and O–H groups in total. The highest BCUT2D eigenvalue weighted by Crippen LogP contribution is 2.18. The molecule has 0 saturated carbocycles. The van der Waals surface area contributed by atoms with E-state index in [0.29, 0.717) is 32.3 Å². The number of rotatable bonds is 6. The maximum absolute atomic E-state index is 13.0. The van der Waals surface area contributed by atoms with E-state index < -0.39 is 11.2 Å². The first-order valence-electron chi connectivity index (χ1n) is 9.93. The number of aryl methyl sites for hydroxylation is 1. The lowest BCUT2D eigenvalue weighted by atomic mass is 10.1. The Balaban J connectivity index is 1.62. The van der Waals surface area contributed by atoms with Crippen LogP contribution in [0.25, 0.3) is 4.83 Å². The van der Waals surface area contributed by atoms with Gasteiger partial charge in [0.15, 0.2) is 0 Å². The Kier molecular flexibility index (Phi) is 6.06. The van der Waals surface area contributed by atoms with Gasteiger partial charge in [-0.2, -0.15) is 5.26 Å². The number of ether oxygens (including phenoxy) is 1. The van der Waals surface area contributed by atoms with Crippen LogP contribution in [0.2, 0.25) is 0 Å². The third-order valence-corrected chi connectivity index (χ3v) is 6.31. The minimum atomic E-state index is -0.529. The number of nitrogens with zero attached hydrogens (tertiary/aromatic N) is 4. The fraction of sp³-hybridized carbons (Fsp3) is 0.174. The number of hydrogen-bond donors (Lipinski definition) is 1. The quantitative estimate of drug-likeness (QED) is 0.470. The van der Waals surface area contributed by atoms with Crippen molar-refractivity contribution in [2.24, 2.45) is 0 Å². The fourth-order valence-electron chi connectivity index (χ4n) is 3.32. The van der Waals surface area contributed by atoms with Crippen molar-refractivity contribution < 1.29 is 9.53 Å². The maximum atomic E-state index is 13.0. The summed E-state index contributed by atoms with van der Waals surface area (Å²) in [5.74, 6) is 0.0879. The van der Waals surface area contributed by atoms with Crippen molar-refractivity contribution in [2.75, 3.05) is 7.11 Å². The molecule has 0 atom stereocenters. The molecule has 33 heavy (non-hydrogen) atoms. The van der Waals surface area contributed by atoms with Crippen molar-refractivity contribution in [3.05, 3.63) is 96.8 Å². The summed E-state index contributed by atoms with van der Waals surface area (Å²) in [4.78, 5) is 43.4. The van der Waals surface area contributed by atoms with Gasteiger partial charge in [-0.05, 0) is 36.2 Å². The third-order valence-electron chi connectivity index (χ3n) is 5.10. The molecule has 1 amide bonds. The van der Waals surface area contributed by atoms with Crippen LogP contribution in [0, 0.1) is 18.3 Å². The molecule has 3 aromatic heterocycles. The molecule has 0 spiro atoms. The van der Waals surface area contributed by atoms with E-state index in [1.807, 2.05) is 6.07 Å². The summed E-state index contributed by atoms with van der Waals surface area (Å²) in [5, 5.41) is 11.7. The number of fused-ring (bicyclic) bond motifs is 1. The SMILES string of the molecule is COc1cc(CNC(=O)c2cn3c(=O)n(Cc4ccc(C#N)cc4)c(=O)c(C)c3s2)ccn1. The zero-order valence-corrected chi connectivity index (χ0v) is 18.7. The lowest BCUT2D eigenvalue weighted by Crippen LogP contribution is -2.38. The second-order valence-corrected chi connectivity index (χ2v) is 8.30. The molecule has 0 saturated heterocycles. The number of nitriles is 1. The van der Waals surface area contributed by atoms with E-state index in [0.717, 1.165) is 21.5 Å². The maximum Gasteiger partial charge on any atom is 0.336 e. The molecule has 0 fully saturated rings.